The van der Waals surface area contributed by atoms with Gasteiger partial charge in [-0.2, -0.15) is 0 Å². The fourth-order valence-electron chi connectivity index (χ4n) is 0.961. The summed E-state index contributed by atoms with van der Waals surface area (Å²) in [6.45, 7) is 5.46. The van der Waals surface area contributed by atoms with Gasteiger partial charge in [-0.25, -0.2) is 4.79 Å². The van der Waals surface area contributed by atoms with E-state index in [1.165, 1.54) is 0 Å². The minimum atomic E-state index is -0.883. The molecule has 0 rings (SSSR count). The third-order valence-electron chi connectivity index (χ3n) is 1.84. The van der Waals surface area contributed by atoms with E-state index >= 15 is 0 Å². The van der Waals surface area contributed by atoms with E-state index in [4.69, 9.17) is 24.1 Å². The molecule has 0 spiro atoms. The fourth-order valence-corrected chi connectivity index (χ4v) is 0.961. The first-order valence-corrected chi connectivity index (χ1v) is 5.91. The Morgan fingerprint density at radius 2 is 1.37 bits per heavy atom. The van der Waals surface area contributed by atoms with Crippen LogP contribution in [0.25, 0.3) is 0 Å². The van der Waals surface area contributed by atoms with Crippen LogP contribution in [-0.2, 0) is 28.5 Å². The summed E-state index contributed by atoms with van der Waals surface area (Å²) in [7, 11) is 0. The van der Waals surface area contributed by atoms with Gasteiger partial charge in [0.25, 0.3) is 0 Å². The molecule has 7 heteroatoms. The number of hydrogen-bond donors (Lipinski definition) is 1. The number of rotatable bonds is 13. The zero-order valence-corrected chi connectivity index (χ0v) is 10.8. The Kier molecular flexibility index (Phi) is 12.0. The van der Waals surface area contributed by atoms with Crippen molar-refractivity contribution < 1.29 is 33.6 Å². The SMILES string of the molecule is C=CC(=O)OCCOCCOCCOCCC(=O)O. The van der Waals surface area contributed by atoms with Crippen molar-refractivity contribution in [1.82, 2.24) is 0 Å². The summed E-state index contributed by atoms with van der Waals surface area (Å²) in [5.41, 5.74) is 0. The number of aliphatic carboxylic acids is 1. The van der Waals surface area contributed by atoms with Gasteiger partial charge in [0, 0.05) is 6.08 Å². The lowest BCUT2D eigenvalue weighted by molar-refractivity contribution is -0.140. The number of esters is 1. The second-order valence-electron chi connectivity index (χ2n) is 3.35. The van der Waals surface area contributed by atoms with Crippen LogP contribution in [0.2, 0.25) is 0 Å². The van der Waals surface area contributed by atoms with Crippen molar-refractivity contribution in [2.24, 2.45) is 0 Å². The molecule has 19 heavy (non-hydrogen) atoms. The van der Waals surface area contributed by atoms with Gasteiger partial charge in [0.1, 0.15) is 6.61 Å². The first-order chi connectivity index (χ1) is 9.16. The second kappa shape index (κ2) is 13.0. The summed E-state index contributed by atoms with van der Waals surface area (Å²) in [5, 5.41) is 8.34. The Bertz CT molecular complexity index is 265. The van der Waals surface area contributed by atoms with E-state index in [-0.39, 0.29) is 19.6 Å². The lowest BCUT2D eigenvalue weighted by Crippen LogP contribution is -2.13. The summed E-state index contributed by atoms with van der Waals surface area (Å²) in [4.78, 5) is 20.8. The Balaban J connectivity index is 3.05. The number of hydrogen-bond acceptors (Lipinski definition) is 6. The molecule has 0 aromatic heterocycles. The third-order valence-corrected chi connectivity index (χ3v) is 1.84. The van der Waals surface area contributed by atoms with Crippen LogP contribution in [0.1, 0.15) is 6.42 Å². The third kappa shape index (κ3) is 14.5. The molecule has 0 aliphatic heterocycles. The van der Waals surface area contributed by atoms with Gasteiger partial charge in [0.15, 0.2) is 0 Å². The molecule has 0 heterocycles. The molecule has 110 valence electrons. The van der Waals surface area contributed by atoms with Gasteiger partial charge in [0.05, 0.1) is 46.1 Å². The van der Waals surface area contributed by atoms with E-state index in [1.54, 1.807) is 0 Å². The van der Waals surface area contributed by atoms with Crippen molar-refractivity contribution in [1.29, 1.82) is 0 Å². The molecule has 0 saturated heterocycles. The van der Waals surface area contributed by atoms with Crippen LogP contribution in [0.3, 0.4) is 0 Å². The van der Waals surface area contributed by atoms with Crippen molar-refractivity contribution >= 4 is 11.9 Å². The molecule has 0 amide bonds. The summed E-state index contributed by atoms with van der Waals surface area (Å²) in [6, 6.07) is 0. The Labute approximate surface area is 112 Å². The van der Waals surface area contributed by atoms with Crippen LogP contribution in [0, 0.1) is 0 Å². The van der Waals surface area contributed by atoms with Gasteiger partial charge in [-0.05, 0) is 0 Å². The number of carbonyl (C=O) groups excluding carboxylic acids is 1. The van der Waals surface area contributed by atoms with Crippen LogP contribution in [-0.4, -0.2) is 63.3 Å². The zero-order valence-electron chi connectivity index (χ0n) is 10.8. The fraction of sp³-hybridized carbons (Fsp3) is 0.667. The lowest BCUT2D eigenvalue weighted by atomic mass is 10.5. The van der Waals surface area contributed by atoms with Crippen LogP contribution in [0.15, 0.2) is 12.7 Å². The van der Waals surface area contributed by atoms with E-state index in [0.29, 0.717) is 33.0 Å². The van der Waals surface area contributed by atoms with Gasteiger partial charge in [-0.1, -0.05) is 6.58 Å². The van der Waals surface area contributed by atoms with Gasteiger partial charge in [0.2, 0.25) is 0 Å². The highest BCUT2D eigenvalue weighted by Crippen LogP contribution is 1.85. The summed E-state index contributed by atoms with van der Waals surface area (Å²) in [5.74, 6) is -1.36. The smallest absolute Gasteiger partial charge is 0.330 e. The maximum absolute atomic E-state index is 10.6. The summed E-state index contributed by atoms with van der Waals surface area (Å²) < 4.78 is 20.0. The monoisotopic (exact) mass is 276 g/mol. The topological polar surface area (TPSA) is 91.3 Å². The molecule has 0 aliphatic rings. The minimum absolute atomic E-state index is 0.00740. The van der Waals surface area contributed by atoms with E-state index in [1.807, 2.05) is 0 Å². The maximum Gasteiger partial charge on any atom is 0.330 e. The van der Waals surface area contributed by atoms with E-state index in [0.717, 1.165) is 6.08 Å². The average molecular weight is 276 g/mol. The van der Waals surface area contributed by atoms with Gasteiger partial charge in [-0.3, -0.25) is 4.79 Å². The van der Waals surface area contributed by atoms with Crippen LogP contribution >= 0.6 is 0 Å². The van der Waals surface area contributed by atoms with Crippen LogP contribution in [0.5, 0.6) is 0 Å². The van der Waals surface area contributed by atoms with E-state index in [2.05, 4.69) is 6.58 Å². The molecule has 7 nitrogen and oxygen atoms in total. The van der Waals surface area contributed by atoms with Crippen molar-refractivity contribution in [3.63, 3.8) is 0 Å². The predicted molar refractivity (Wildman–Crippen MR) is 65.9 cm³/mol. The second-order valence-corrected chi connectivity index (χ2v) is 3.35. The Morgan fingerprint density at radius 3 is 1.84 bits per heavy atom. The van der Waals surface area contributed by atoms with Gasteiger partial charge in [-0.15, -0.1) is 0 Å². The Hall–Kier alpha value is -1.44. The molecule has 0 unspecified atom stereocenters. The molecule has 0 fully saturated rings. The van der Waals surface area contributed by atoms with E-state index < -0.39 is 11.9 Å². The molecule has 0 bridgehead atoms. The molecule has 0 atom stereocenters. The number of ether oxygens (including phenoxy) is 4. The molecule has 0 aromatic carbocycles. The number of carbonyl (C=O) groups is 2. The highest BCUT2D eigenvalue weighted by Gasteiger charge is 1.97. The van der Waals surface area contributed by atoms with Crippen LogP contribution in [0.4, 0.5) is 0 Å². The van der Waals surface area contributed by atoms with E-state index in [9.17, 15) is 9.59 Å². The summed E-state index contributed by atoms with van der Waals surface area (Å²) >= 11 is 0. The van der Waals surface area contributed by atoms with Crippen molar-refractivity contribution in [3.05, 3.63) is 12.7 Å². The van der Waals surface area contributed by atoms with Crippen LogP contribution < -0.4 is 0 Å². The first-order valence-electron chi connectivity index (χ1n) is 5.91. The van der Waals surface area contributed by atoms with Gasteiger partial charge >= 0.3 is 11.9 Å². The minimum Gasteiger partial charge on any atom is -0.481 e. The van der Waals surface area contributed by atoms with Gasteiger partial charge < -0.3 is 24.1 Å². The molecular formula is C12H20O7. The molecular weight excluding hydrogens is 256 g/mol. The molecule has 0 aromatic rings. The maximum atomic E-state index is 10.6. The lowest BCUT2D eigenvalue weighted by Gasteiger charge is -2.06. The predicted octanol–water partition coefficient (Wildman–Crippen LogP) is 0.240. The standard InChI is InChI=1S/C12H20O7/c1-2-12(15)19-10-9-18-8-7-17-6-5-16-4-3-11(13)14/h2H,1,3-10H2,(H,13,14). The largest absolute Gasteiger partial charge is 0.481 e. The highest BCUT2D eigenvalue weighted by atomic mass is 16.6. The van der Waals surface area contributed by atoms with Crippen molar-refractivity contribution in [2.75, 3.05) is 46.2 Å². The zero-order chi connectivity index (χ0) is 14.3. The van der Waals surface area contributed by atoms with Crippen molar-refractivity contribution in [2.45, 2.75) is 6.42 Å². The quantitative estimate of drug-likeness (QED) is 0.293. The Morgan fingerprint density at radius 1 is 0.895 bits per heavy atom. The highest BCUT2D eigenvalue weighted by molar-refractivity contribution is 5.81. The normalized spacial score (nSPS) is 10.1. The van der Waals surface area contributed by atoms with Crippen molar-refractivity contribution in [3.8, 4) is 0 Å². The molecule has 0 saturated carbocycles. The summed E-state index contributed by atoms with van der Waals surface area (Å²) in [6.07, 6.45) is 1.08. The first kappa shape index (κ1) is 17.6. The number of carboxylic acid groups (broad SMARTS) is 1. The molecule has 1 N–H and O–H groups in total. The molecule has 0 aliphatic carbocycles. The number of carboxylic acids is 1. The average Bonchev–Trinajstić information content (AvgIpc) is 2.39. The molecule has 0 radical (unpaired) electrons.